The molecule has 0 aromatic heterocycles. The Hall–Kier alpha value is -2.37. The van der Waals surface area contributed by atoms with Crippen molar-refractivity contribution in [2.24, 2.45) is 5.73 Å². The normalized spacial score (nSPS) is 10.1. The number of nitrogens with one attached hydrogen (secondary N) is 1. The van der Waals surface area contributed by atoms with Crippen LogP contribution in [0.3, 0.4) is 0 Å². The number of benzene rings is 2. The van der Waals surface area contributed by atoms with Gasteiger partial charge in [-0.15, -0.1) is 12.4 Å². The summed E-state index contributed by atoms with van der Waals surface area (Å²) in [7, 11) is 0. The van der Waals surface area contributed by atoms with E-state index < -0.39 is 0 Å². The first-order valence-electron chi connectivity index (χ1n) is 9.42. The summed E-state index contributed by atoms with van der Waals surface area (Å²) in [6, 6.07) is 18.1. The molecule has 0 radical (unpaired) electrons. The van der Waals surface area contributed by atoms with Crippen LogP contribution in [0.1, 0.15) is 23.1 Å². The minimum Gasteiger partial charge on any atom is -0.347 e. The number of halogens is 1. The summed E-state index contributed by atoms with van der Waals surface area (Å²) < 4.78 is 0. The number of nitrogens with zero attached hydrogens (tertiary/aromatic N) is 1. The van der Waals surface area contributed by atoms with Crippen LogP contribution in [-0.2, 0) is 22.4 Å². The average molecular weight is 404 g/mol. The van der Waals surface area contributed by atoms with Crippen LogP contribution in [-0.4, -0.2) is 42.9 Å². The van der Waals surface area contributed by atoms with Gasteiger partial charge in [0, 0.05) is 26.1 Å². The molecular weight excluding hydrogens is 374 g/mol. The smallest absolute Gasteiger partial charge is 0.242 e. The Morgan fingerprint density at radius 2 is 1.57 bits per heavy atom. The molecule has 0 unspecified atom stereocenters. The highest BCUT2D eigenvalue weighted by Gasteiger charge is 2.14. The molecule has 2 amide bonds. The van der Waals surface area contributed by atoms with Crippen molar-refractivity contribution in [3.8, 4) is 0 Å². The van der Waals surface area contributed by atoms with Crippen LogP contribution in [0, 0.1) is 6.92 Å². The van der Waals surface area contributed by atoms with Crippen LogP contribution in [0.2, 0.25) is 0 Å². The van der Waals surface area contributed by atoms with Crippen molar-refractivity contribution >= 4 is 24.2 Å². The summed E-state index contributed by atoms with van der Waals surface area (Å²) in [4.78, 5) is 26.2. The first-order valence-corrected chi connectivity index (χ1v) is 9.42. The van der Waals surface area contributed by atoms with Gasteiger partial charge in [-0.25, -0.2) is 0 Å². The van der Waals surface area contributed by atoms with Gasteiger partial charge in [-0.2, -0.15) is 0 Å². The number of nitrogens with two attached hydrogens (primary N) is 1. The second-order valence-electron chi connectivity index (χ2n) is 6.67. The molecule has 2 aromatic carbocycles. The summed E-state index contributed by atoms with van der Waals surface area (Å²) in [5, 5.41) is 2.73. The van der Waals surface area contributed by atoms with E-state index in [1.165, 1.54) is 11.1 Å². The van der Waals surface area contributed by atoms with Crippen LogP contribution in [0.15, 0.2) is 54.6 Å². The van der Waals surface area contributed by atoms with E-state index in [4.69, 9.17) is 5.73 Å². The molecule has 0 saturated heterocycles. The van der Waals surface area contributed by atoms with Crippen molar-refractivity contribution in [2.45, 2.75) is 26.2 Å². The zero-order valence-corrected chi connectivity index (χ0v) is 17.2. The molecule has 6 heteroatoms. The zero-order valence-electron chi connectivity index (χ0n) is 16.4. The summed E-state index contributed by atoms with van der Waals surface area (Å²) in [6.45, 7) is 3.54. The molecule has 0 fully saturated rings. The molecule has 5 nitrogen and oxygen atoms in total. The fraction of sp³-hybridized carbons (Fsp3) is 0.364. The van der Waals surface area contributed by atoms with E-state index in [-0.39, 0.29) is 30.8 Å². The van der Waals surface area contributed by atoms with Crippen molar-refractivity contribution < 1.29 is 9.59 Å². The fourth-order valence-electron chi connectivity index (χ4n) is 2.81. The van der Waals surface area contributed by atoms with Crippen LogP contribution in [0.5, 0.6) is 0 Å². The topological polar surface area (TPSA) is 75.4 Å². The van der Waals surface area contributed by atoms with E-state index >= 15 is 0 Å². The summed E-state index contributed by atoms with van der Waals surface area (Å²) in [5.74, 6) is -0.209. The predicted molar refractivity (Wildman–Crippen MR) is 116 cm³/mol. The van der Waals surface area contributed by atoms with Gasteiger partial charge >= 0.3 is 0 Å². The predicted octanol–water partition coefficient (Wildman–Crippen LogP) is 2.50. The van der Waals surface area contributed by atoms with Crippen molar-refractivity contribution in [2.75, 3.05) is 26.2 Å². The van der Waals surface area contributed by atoms with Gasteiger partial charge in [-0.1, -0.05) is 60.2 Å². The molecule has 0 aliphatic rings. The van der Waals surface area contributed by atoms with E-state index in [1.807, 2.05) is 61.5 Å². The van der Waals surface area contributed by atoms with Crippen molar-refractivity contribution in [3.63, 3.8) is 0 Å². The lowest BCUT2D eigenvalue weighted by atomic mass is 10.1. The van der Waals surface area contributed by atoms with Gasteiger partial charge in [0.1, 0.15) is 0 Å². The Morgan fingerprint density at radius 1 is 0.929 bits per heavy atom. The van der Waals surface area contributed by atoms with Crippen molar-refractivity contribution in [1.82, 2.24) is 10.2 Å². The first-order chi connectivity index (χ1) is 13.1. The van der Waals surface area contributed by atoms with Crippen LogP contribution >= 0.6 is 12.4 Å². The van der Waals surface area contributed by atoms with Gasteiger partial charge in [0.05, 0.1) is 6.54 Å². The maximum Gasteiger partial charge on any atom is 0.242 e. The summed E-state index contributed by atoms with van der Waals surface area (Å²) >= 11 is 0. The monoisotopic (exact) mass is 403 g/mol. The maximum absolute atomic E-state index is 12.4. The van der Waals surface area contributed by atoms with Crippen molar-refractivity contribution in [3.05, 3.63) is 71.3 Å². The number of rotatable bonds is 10. The first kappa shape index (κ1) is 23.7. The quantitative estimate of drug-likeness (QED) is 0.640. The third-order valence-corrected chi connectivity index (χ3v) is 4.46. The molecule has 2 rings (SSSR count). The molecule has 28 heavy (non-hydrogen) atoms. The Labute approximate surface area is 173 Å². The lowest BCUT2D eigenvalue weighted by Crippen LogP contribution is -2.43. The second kappa shape index (κ2) is 12.9. The Bertz CT molecular complexity index is 720. The Kier molecular flexibility index (Phi) is 10.9. The van der Waals surface area contributed by atoms with Gasteiger partial charge in [-0.05, 0) is 30.9 Å². The Balaban J connectivity index is 0.00000392. The minimum atomic E-state index is -0.111. The highest BCUT2D eigenvalue weighted by molar-refractivity contribution is 5.85. The van der Waals surface area contributed by atoms with Crippen molar-refractivity contribution in [1.29, 1.82) is 0 Å². The summed E-state index contributed by atoms with van der Waals surface area (Å²) in [5.41, 5.74) is 9.13. The van der Waals surface area contributed by atoms with E-state index in [0.717, 1.165) is 12.0 Å². The standard InChI is InChI=1S/C22H29N3O2.ClH/c1-18-7-9-20(10-8-18)11-12-21(26)24-17-22(27)25(16-14-23)15-13-19-5-3-2-4-6-19;/h2-10H,11-17,23H2,1H3,(H,24,26);1H. The number of amides is 2. The van der Waals surface area contributed by atoms with E-state index in [0.29, 0.717) is 32.5 Å². The van der Waals surface area contributed by atoms with Crippen LogP contribution < -0.4 is 11.1 Å². The number of hydrogen-bond donors (Lipinski definition) is 2. The van der Waals surface area contributed by atoms with Gasteiger partial charge in [-0.3, -0.25) is 9.59 Å². The highest BCUT2D eigenvalue weighted by atomic mass is 35.5. The third-order valence-electron chi connectivity index (χ3n) is 4.46. The van der Waals surface area contributed by atoms with E-state index in [2.05, 4.69) is 5.32 Å². The molecule has 3 N–H and O–H groups in total. The lowest BCUT2D eigenvalue weighted by Gasteiger charge is -2.22. The van der Waals surface area contributed by atoms with Gasteiger partial charge in [0.25, 0.3) is 0 Å². The lowest BCUT2D eigenvalue weighted by molar-refractivity contribution is -0.132. The number of carbonyl (C=O) groups is 2. The number of carbonyl (C=O) groups excluding carboxylic acids is 2. The third kappa shape index (κ3) is 8.55. The van der Waals surface area contributed by atoms with E-state index in [1.54, 1.807) is 4.90 Å². The number of aryl methyl sites for hydroxylation is 2. The molecule has 0 heterocycles. The largest absolute Gasteiger partial charge is 0.347 e. The van der Waals surface area contributed by atoms with Crippen LogP contribution in [0.4, 0.5) is 0 Å². The van der Waals surface area contributed by atoms with E-state index in [9.17, 15) is 9.59 Å². The SMILES string of the molecule is Cc1ccc(CCC(=O)NCC(=O)N(CCN)CCc2ccccc2)cc1.Cl. The van der Waals surface area contributed by atoms with Crippen LogP contribution in [0.25, 0.3) is 0 Å². The Morgan fingerprint density at radius 3 is 2.21 bits per heavy atom. The molecular formula is C22H30ClN3O2. The zero-order chi connectivity index (χ0) is 19.5. The highest BCUT2D eigenvalue weighted by Crippen LogP contribution is 2.06. The molecule has 0 aliphatic heterocycles. The van der Waals surface area contributed by atoms with Gasteiger partial charge < -0.3 is 16.0 Å². The molecule has 0 bridgehead atoms. The number of hydrogen-bond acceptors (Lipinski definition) is 3. The maximum atomic E-state index is 12.4. The molecule has 0 aliphatic carbocycles. The fourth-order valence-corrected chi connectivity index (χ4v) is 2.81. The molecule has 152 valence electrons. The van der Waals surface area contributed by atoms with Gasteiger partial charge in [0.15, 0.2) is 0 Å². The molecule has 0 atom stereocenters. The molecule has 0 saturated carbocycles. The molecule has 2 aromatic rings. The van der Waals surface area contributed by atoms with Gasteiger partial charge in [0.2, 0.25) is 11.8 Å². The second-order valence-corrected chi connectivity index (χ2v) is 6.67. The average Bonchev–Trinajstić information content (AvgIpc) is 2.69. The summed E-state index contributed by atoms with van der Waals surface area (Å²) in [6.07, 6.45) is 1.81. The minimum absolute atomic E-state index is 0. The molecule has 0 spiro atoms.